The molecule has 1 N–H and O–H groups in total. The van der Waals surface area contributed by atoms with Gasteiger partial charge in [0.25, 0.3) is 5.91 Å². The molecule has 5 rings (SSSR count). The number of fused-ring (bicyclic) bond motifs is 1. The number of hydrogen-bond donors (Lipinski definition) is 1. The second kappa shape index (κ2) is 8.43. The van der Waals surface area contributed by atoms with Gasteiger partial charge in [-0.1, -0.05) is 29.7 Å². The molecule has 2 aromatic rings. The van der Waals surface area contributed by atoms with E-state index in [1.807, 2.05) is 16.8 Å². The molecule has 0 spiro atoms. The summed E-state index contributed by atoms with van der Waals surface area (Å²) < 4.78 is 12.7. The van der Waals surface area contributed by atoms with Crippen molar-refractivity contribution in [2.75, 3.05) is 19.9 Å². The van der Waals surface area contributed by atoms with Crippen molar-refractivity contribution in [1.82, 2.24) is 25.2 Å². The number of carbonyl (C=O) groups excluding carboxylic acids is 1. The summed E-state index contributed by atoms with van der Waals surface area (Å²) in [7, 11) is 0. The van der Waals surface area contributed by atoms with Crippen LogP contribution in [0.5, 0.6) is 11.5 Å². The van der Waals surface area contributed by atoms with Crippen LogP contribution in [0.4, 0.5) is 0 Å². The highest BCUT2D eigenvalue weighted by atomic mass is 35.5. The van der Waals surface area contributed by atoms with Gasteiger partial charge in [-0.2, -0.15) is 0 Å². The van der Waals surface area contributed by atoms with Crippen molar-refractivity contribution in [1.29, 1.82) is 0 Å². The molecule has 160 valence electrons. The summed E-state index contributed by atoms with van der Waals surface area (Å²) in [6.07, 6.45) is 8.33. The fraction of sp³-hybridized carbons (Fsp3) is 0.571. The number of rotatable bonds is 5. The number of halogens is 1. The monoisotopic (exact) mass is 431 g/mol. The molecule has 1 aromatic carbocycles. The van der Waals surface area contributed by atoms with Crippen molar-refractivity contribution < 1.29 is 14.3 Å². The molecule has 2 aliphatic heterocycles. The molecule has 1 atom stereocenters. The van der Waals surface area contributed by atoms with E-state index in [1.165, 1.54) is 12.8 Å². The van der Waals surface area contributed by atoms with Crippen LogP contribution >= 0.6 is 11.6 Å². The van der Waals surface area contributed by atoms with E-state index in [9.17, 15) is 4.79 Å². The van der Waals surface area contributed by atoms with Crippen molar-refractivity contribution >= 4 is 17.5 Å². The van der Waals surface area contributed by atoms with Gasteiger partial charge >= 0.3 is 0 Å². The van der Waals surface area contributed by atoms with Gasteiger partial charge in [-0.05, 0) is 43.9 Å². The number of likely N-dealkylation sites (tertiary alicyclic amines) is 1. The van der Waals surface area contributed by atoms with E-state index in [4.69, 9.17) is 21.1 Å². The topological polar surface area (TPSA) is 81.5 Å². The first-order chi connectivity index (χ1) is 14.7. The number of nitrogens with zero attached hydrogens (tertiary/aromatic N) is 4. The minimum atomic E-state index is -0.118. The van der Waals surface area contributed by atoms with Crippen molar-refractivity contribution in [2.24, 2.45) is 0 Å². The van der Waals surface area contributed by atoms with E-state index in [2.05, 4.69) is 20.5 Å². The second-order valence-corrected chi connectivity index (χ2v) is 8.77. The van der Waals surface area contributed by atoms with Crippen LogP contribution in [-0.2, 0) is 6.54 Å². The SMILES string of the molecule is O=C(NC1CCCC1)c1cn(C2CCCN(Cc3cc4c(cc3Cl)OCO4)C2)nn1. The van der Waals surface area contributed by atoms with Gasteiger partial charge in [0, 0.05) is 30.2 Å². The fourth-order valence-electron chi connectivity index (χ4n) is 4.60. The van der Waals surface area contributed by atoms with Crippen LogP contribution in [0.3, 0.4) is 0 Å². The number of benzene rings is 1. The summed E-state index contributed by atoms with van der Waals surface area (Å²) in [6, 6.07) is 4.26. The van der Waals surface area contributed by atoms with Gasteiger partial charge in [0.05, 0.1) is 12.2 Å². The van der Waals surface area contributed by atoms with E-state index in [-0.39, 0.29) is 24.8 Å². The van der Waals surface area contributed by atoms with Gasteiger partial charge in [0.15, 0.2) is 17.2 Å². The molecule has 1 saturated heterocycles. The van der Waals surface area contributed by atoms with E-state index in [1.54, 1.807) is 6.20 Å². The van der Waals surface area contributed by atoms with Gasteiger partial charge in [0.2, 0.25) is 6.79 Å². The Morgan fingerprint density at radius 3 is 2.80 bits per heavy atom. The highest BCUT2D eigenvalue weighted by molar-refractivity contribution is 6.31. The number of hydrogen-bond acceptors (Lipinski definition) is 6. The van der Waals surface area contributed by atoms with Gasteiger partial charge in [-0.3, -0.25) is 9.69 Å². The fourth-order valence-corrected chi connectivity index (χ4v) is 4.81. The Labute approximate surface area is 180 Å². The van der Waals surface area contributed by atoms with Crippen molar-refractivity contribution in [3.63, 3.8) is 0 Å². The number of aromatic nitrogens is 3. The summed E-state index contributed by atoms with van der Waals surface area (Å²) in [5, 5.41) is 12.2. The third kappa shape index (κ3) is 4.11. The Morgan fingerprint density at radius 2 is 1.97 bits per heavy atom. The summed E-state index contributed by atoms with van der Waals surface area (Å²) in [4.78, 5) is 14.8. The van der Waals surface area contributed by atoms with E-state index >= 15 is 0 Å². The Balaban J connectivity index is 1.23. The van der Waals surface area contributed by atoms with E-state index in [0.29, 0.717) is 16.5 Å². The van der Waals surface area contributed by atoms with E-state index in [0.717, 1.165) is 56.6 Å². The molecule has 1 aromatic heterocycles. The second-order valence-electron chi connectivity index (χ2n) is 8.37. The Bertz CT molecular complexity index is 927. The number of amides is 1. The predicted octanol–water partition coefficient (Wildman–Crippen LogP) is 3.17. The first-order valence-corrected chi connectivity index (χ1v) is 11.1. The summed E-state index contributed by atoms with van der Waals surface area (Å²) in [6.45, 7) is 2.79. The van der Waals surface area contributed by atoms with Gasteiger partial charge in [-0.25, -0.2) is 4.68 Å². The average molecular weight is 432 g/mol. The standard InChI is InChI=1S/C21H26ClN5O3/c22-17-9-20-19(29-13-30-20)8-14(17)10-26-7-3-6-16(11-26)27-12-18(24-25-27)21(28)23-15-4-1-2-5-15/h8-9,12,15-16H,1-7,10-11,13H2,(H,23,28). The normalized spacial score (nSPS) is 21.8. The highest BCUT2D eigenvalue weighted by Gasteiger charge is 2.26. The maximum absolute atomic E-state index is 12.5. The molecule has 0 radical (unpaired) electrons. The maximum Gasteiger partial charge on any atom is 0.273 e. The largest absolute Gasteiger partial charge is 0.454 e. The molecular weight excluding hydrogens is 406 g/mol. The number of nitrogens with one attached hydrogen (secondary N) is 1. The van der Waals surface area contributed by atoms with Crippen LogP contribution in [0.25, 0.3) is 0 Å². The van der Waals surface area contributed by atoms with Crippen molar-refractivity contribution in [2.45, 2.75) is 57.2 Å². The third-order valence-corrected chi connectivity index (χ3v) is 6.58. The van der Waals surface area contributed by atoms with Crippen LogP contribution in [0.2, 0.25) is 5.02 Å². The molecule has 3 aliphatic rings. The molecule has 3 heterocycles. The first-order valence-electron chi connectivity index (χ1n) is 10.7. The lowest BCUT2D eigenvalue weighted by Gasteiger charge is -2.32. The zero-order chi connectivity index (χ0) is 20.5. The van der Waals surface area contributed by atoms with Crippen LogP contribution in [0.1, 0.15) is 60.6 Å². The Morgan fingerprint density at radius 1 is 1.17 bits per heavy atom. The zero-order valence-electron chi connectivity index (χ0n) is 16.8. The summed E-state index contributed by atoms with van der Waals surface area (Å²) in [5.74, 6) is 1.33. The lowest BCUT2D eigenvalue weighted by atomic mass is 10.0. The van der Waals surface area contributed by atoms with Gasteiger partial charge in [-0.15, -0.1) is 5.10 Å². The predicted molar refractivity (Wildman–Crippen MR) is 111 cm³/mol. The molecule has 8 nitrogen and oxygen atoms in total. The lowest BCUT2D eigenvalue weighted by molar-refractivity contribution is 0.0932. The molecule has 1 saturated carbocycles. The van der Waals surface area contributed by atoms with Crippen LogP contribution in [0, 0.1) is 0 Å². The van der Waals surface area contributed by atoms with Gasteiger partial charge < -0.3 is 14.8 Å². The summed E-state index contributed by atoms with van der Waals surface area (Å²) >= 11 is 6.45. The van der Waals surface area contributed by atoms with Crippen LogP contribution in [-0.4, -0.2) is 51.7 Å². The molecule has 2 fully saturated rings. The number of ether oxygens (including phenoxy) is 2. The first kappa shape index (κ1) is 19.6. The molecule has 1 unspecified atom stereocenters. The van der Waals surface area contributed by atoms with Crippen LogP contribution < -0.4 is 14.8 Å². The minimum absolute atomic E-state index is 0.118. The molecule has 1 amide bonds. The maximum atomic E-state index is 12.5. The van der Waals surface area contributed by atoms with Gasteiger partial charge in [0.1, 0.15) is 0 Å². The minimum Gasteiger partial charge on any atom is -0.454 e. The number of carbonyl (C=O) groups is 1. The lowest BCUT2D eigenvalue weighted by Crippen LogP contribution is -2.36. The van der Waals surface area contributed by atoms with Crippen molar-refractivity contribution in [3.05, 3.63) is 34.6 Å². The molecule has 0 bridgehead atoms. The highest BCUT2D eigenvalue weighted by Crippen LogP contribution is 2.37. The Kier molecular flexibility index (Phi) is 5.52. The van der Waals surface area contributed by atoms with Crippen molar-refractivity contribution in [3.8, 4) is 11.5 Å². The third-order valence-electron chi connectivity index (χ3n) is 6.22. The summed E-state index contributed by atoms with van der Waals surface area (Å²) in [5.41, 5.74) is 1.43. The number of piperidine rings is 1. The Hall–Kier alpha value is -2.32. The molecular formula is C21H26ClN5O3. The zero-order valence-corrected chi connectivity index (χ0v) is 17.6. The molecule has 9 heteroatoms. The van der Waals surface area contributed by atoms with Crippen LogP contribution in [0.15, 0.2) is 18.3 Å². The smallest absolute Gasteiger partial charge is 0.273 e. The molecule has 30 heavy (non-hydrogen) atoms. The van der Waals surface area contributed by atoms with E-state index < -0.39 is 0 Å². The quantitative estimate of drug-likeness (QED) is 0.783. The molecule has 1 aliphatic carbocycles. The average Bonchev–Trinajstić information content (AvgIpc) is 3.50.